The summed E-state index contributed by atoms with van der Waals surface area (Å²) in [6.07, 6.45) is -1.69. The van der Waals surface area contributed by atoms with E-state index in [9.17, 15) is 13.2 Å². The van der Waals surface area contributed by atoms with Crippen LogP contribution in [0.5, 0.6) is 0 Å². The van der Waals surface area contributed by atoms with Gasteiger partial charge < -0.3 is 10.1 Å². The van der Waals surface area contributed by atoms with Crippen molar-refractivity contribution in [2.75, 3.05) is 20.7 Å². The molecule has 0 saturated heterocycles. The summed E-state index contributed by atoms with van der Waals surface area (Å²) in [7, 11) is 3.06. The Morgan fingerprint density at radius 1 is 1.24 bits per heavy atom. The second-order valence-corrected chi connectivity index (χ2v) is 4.87. The molecule has 1 saturated carbocycles. The van der Waals surface area contributed by atoms with Gasteiger partial charge in [0.15, 0.2) is 6.10 Å². The minimum Gasteiger partial charge on any atom is -0.372 e. The monoisotopic (exact) mass is 253 g/mol. The highest BCUT2D eigenvalue weighted by Crippen LogP contribution is 2.38. The Balaban J connectivity index is 2.40. The van der Waals surface area contributed by atoms with Crippen molar-refractivity contribution in [1.29, 1.82) is 0 Å². The molecule has 17 heavy (non-hydrogen) atoms. The zero-order chi connectivity index (χ0) is 12.9. The average molecular weight is 253 g/mol. The van der Waals surface area contributed by atoms with Gasteiger partial charge in [0.25, 0.3) is 0 Å². The van der Waals surface area contributed by atoms with Crippen LogP contribution in [0.3, 0.4) is 0 Å². The Morgan fingerprint density at radius 3 is 2.24 bits per heavy atom. The molecule has 5 heteroatoms. The summed E-state index contributed by atoms with van der Waals surface area (Å²) < 4.78 is 42.6. The third-order valence-corrected chi connectivity index (χ3v) is 3.70. The molecule has 0 aliphatic heterocycles. The quantitative estimate of drug-likeness (QED) is 0.813. The van der Waals surface area contributed by atoms with Crippen LogP contribution >= 0.6 is 0 Å². The Labute approximate surface area is 101 Å². The average Bonchev–Trinajstić information content (AvgIpc) is 2.27. The van der Waals surface area contributed by atoms with E-state index in [1.165, 1.54) is 0 Å². The molecule has 0 aromatic heterocycles. The van der Waals surface area contributed by atoms with Crippen LogP contribution in [0.4, 0.5) is 13.2 Å². The zero-order valence-electron chi connectivity index (χ0n) is 10.5. The van der Waals surface area contributed by atoms with Crippen LogP contribution in [0.25, 0.3) is 0 Å². The Hall–Kier alpha value is -0.290. The van der Waals surface area contributed by atoms with Gasteiger partial charge in [-0.3, -0.25) is 0 Å². The molecule has 0 bridgehead atoms. The number of alkyl halides is 3. The van der Waals surface area contributed by atoms with Crippen LogP contribution in [0.15, 0.2) is 0 Å². The largest absolute Gasteiger partial charge is 0.414 e. The first kappa shape index (κ1) is 14.8. The second-order valence-electron chi connectivity index (χ2n) is 4.87. The maximum atomic E-state index is 12.7. The number of ether oxygens (including phenoxy) is 1. The molecule has 0 aromatic rings. The lowest BCUT2D eigenvalue weighted by atomic mass is 9.78. The molecule has 0 aromatic carbocycles. The number of methoxy groups -OCH3 is 1. The first-order valence-electron chi connectivity index (χ1n) is 6.23. The minimum atomic E-state index is -4.22. The van der Waals surface area contributed by atoms with Crippen molar-refractivity contribution < 1.29 is 17.9 Å². The Bertz CT molecular complexity index is 212. The maximum absolute atomic E-state index is 12.7. The Kier molecular flexibility index (Phi) is 5.73. The van der Waals surface area contributed by atoms with Crippen LogP contribution < -0.4 is 5.32 Å². The molecule has 102 valence electrons. The van der Waals surface area contributed by atoms with Crippen molar-refractivity contribution in [2.45, 2.75) is 44.4 Å². The molecule has 1 N–H and O–H groups in total. The molecular weight excluding hydrogens is 231 g/mol. The highest BCUT2D eigenvalue weighted by Gasteiger charge is 2.45. The van der Waals surface area contributed by atoms with E-state index >= 15 is 0 Å². The fourth-order valence-corrected chi connectivity index (χ4v) is 2.72. The van der Waals surface area contributed by atoms with Crippen LogP contribution in [-0.2, 0) is 4.74 Å². The lowest BCUT2D eigenvalue weighted by molar-refractivity contribution is -0.231. The summed E-state index contributed by atoms with van der Waals surface area (Å²) in [5, 5.41) is 3.08. The zero-order valence-corrected chi connectivity index (χ0v) is 10.5. The first-order chi connectivity index (χ1) is 7.99. The minimum absolute atomic E-state index is 0.356. The van der Waals surface area contributed by atoms with Gasteiger partial charge in [-0.2, -0.15) is 13.2 Å². The van der Waals surface area contributed by atoms with Gasteiger partial charge in [0.1, 0.15) is 0 Å². The summed E-state index contributed by atoms with van der Waals surface area (Å²) >= 11 is 0. The molecule has 0 spiro atoms. The highest BCUT2D eigenvalue weighted by atomic mass is 19.4. The number of hydrogen-bond acceptors (Lipinski definition) is 2. The van der Waals surface area contributed by atoms with Gasteiger partial charge >= 0.3 is 6.18 Å². The van der Waals surface area contributed by atoms with Gasteiger partial charge in [-0.25, -0.2) is 0 Å². The summed E-state index contributed by atoms with van der Waals surface area (Å²) in [5.74, 6) is 0.218. The van der Waals surface area contributed by atoms with Crippen molar-refractivity contribution in [3.63, 3.8) is 0 Å². The third-order valence-electron chi connectivity index (χ3n) is 3.70. The predicted octanol–water partition coefficient (Wildman–Crippen LogP) is 2.98. The molecular formula is C12H22F3NO. The van der Waals surface area contributed by atoms with E-state index in [0.29, 0.717) is 18.8 Å². The van der Waals surface area contributed by atoms with E-state index in [2.05, 4.69) is 10.1 Å². The highest BCUT2D eigenvalue weighted by molar-refractivity contribution is 4.82. The van der Waals surface area contributed by atoms with E-state index in [1.807, 2.05) is 7.05 Å². The fraction of sp³-hybridized carbons (Fsp3) is 1.00. The molecule has 1 rings (SSSR count). The standard InChI is InChI=1S/C12H22F3NO/c1-16-8-7-9-3-5-10(6-4-9)11(17-2)12(13,14)15/h9-11,16H,3-8H2,1-2H3. The second kappa shape index (κ2) is 6.59. The van der Waals surface area contributed by atoms with Gasteiger partial charge in [-0.15, -0.1) is 0 Å². The number of halogens is 3. The van der Waals surface area contributed by atoms with Crippen LogP contribution in [0, 0.1) is 11.8 Å². The molecule has 1 atom stereocenters. The van der Waals surface area contributed by atoms with Crippen molar-refractivity contribution in [1.82, 2.24) is 5.32 Å². The lowest BCUT2D eigenvalue weighted by Gasteiger charge is -2.34. The first-order valence-corrected chi connectivity index (χ1v) is 6.23. The molecule has 0 radical (unpaired) electrons. The van der Waals surface area contributed by atoms with Crippen molar-refractivity contribution >= 4 is 0 Å². The predicted molar refractivity (Wildman–Crippen MR) is 60.8 cm³/mol. The molecule has 1 aliphatic rings. The molecule has 1 aliphatic carbocycles. The van der Waals surface area contributed by atoms with Gasteiger partial charge in [-0.1, -0.05) is 12.8 Å². The van der Waals surface area contributed by atoms with Crippen molar-refractivity contribution in [2.24, 2.45) is 11.8 Å². The van der Waals surface area contributed by atoms with Crippen LogP contribution in [0.2, 0.25) is 0 Å². The number of nitrogens with one attached hydrogen (secondary N) is 1. The normalized spacial score (nSPS) is 28.1. The molecule has 2 nitrogen and oxygen atoms in total. The van der Waals surface area contributed by atoms with Crippen molar-refractivity contribution in [3.8, 4) is 0 Å². The van der Waals surface area contributed by atoms with Crippen LogP contribution in [0.1, 0.15) is 32.1 Å². The summed E-state index contributed by atoms with van der Waals surface area (Å²) in [6, 6.07) is 0. The molecule has 1 unspecified atom stereocenters. The maximum Gasteiger partial charge on any atom is 0.414 e. The molecule has 1 fully saturated rings. The fourth-order valence-electron chi connectivity index (χ4n) is 2.72. The third kappa shape index (κ3) is 4.47. The van der Waals surface area contributed by atoms with E-state index in [0.717, 1.165) is 32.9 Å². The van der Waals surface area contributed by atoms with Gasteiger partial charge in [-0.05, 0) is 44.7 Å². The smallest absolute Gasteiger partial charge is 0.372 e. The Morgan fingerprint density at radius 2 is 1.82 bits per heavy atom. The van der Waals surface area contributed by atoms with Gasteiger partial charge in [0.05, 0.1) is 0 Å². The van der Waals surface area contributed by atoms with Gasteiger partial charge in [0.2, 0.25) is 0 Å². The van der Waals surface area contributed by atoms with E-state index in [4.69, 9.17) is 0 Å². The summed E-state index contributed by atoms with van der Waals surface area (Å²) in [4.78, 5) is 0. The number of hydrogen-bond donors (Lipinski definition) is 1. The van der Waals surface area contributed by atoms with Crippen LogP contribution in [-0.4, -0.2) is 33.0 Å². The summed E-state index contributed by atoms with van der Waals surface area (Å²) in [6.45, 7) is 0.947. The van der Waals surface area contributed by atoms with Gasteiger partial charge in [0, 0.05) is 7.11 Å². The van der Waals surface area contributed by atoms with Crippen molar-refractivity contribution in [3.05, 3.63) is 0 Å². The molecule has 0 amide bonds. The van der Waals surface area contributed by atoms with E-state index < -0.39 is 12.3 Å². The SMILES string of the molecule is CNCCC1CCC(C(OC)C(F)(F)F)CC1. The lowest BCUT2D eigenvalue weighted by Crippen LogP contribution is -2.39. The molecule has 0 heterocycles. The summed E-state index contributed by atoms with van der Waals surface area (Å²) in [5.41, 5.74) is 0. The van der Waals surface area contributed by atoms with E-state index in [-0.39, 0.29) is 5.92 Å². The van der Waals surface area contributed by atoms with E-state index in [1.54, 1.807) is 0 Å². The number of rotatable bonds is 5. The topological polar surface area (TPSA) is 21.3 Å².